The van der Waals surface area contributed by atoms with Crippen LogP contribution < -0.4 is 15.5 Å². The lowest BCUT2D eigenvalue weighted by Crippen LogP contribution is -2.51. The average molecular weight is 342 g/mol. The molecule has 7 nitrogen and oxygen atoms in total. The number of aromatic nitrogens is 2. The molecular weight excluding hydrogens is 316 g/mol. The molecule has 0 amide bonds. The van der Waals surface area contributed by atoms with Crippen LogP contribution >= 0.6 is 0 Å². The number of nitrogens with one attached hydrogen (secondary N) is 2. The van der Waals surface area contributed by atoms with Gasteiger partial charge in [-0.3, -0.25) is 4.99 Å². The Morgan fingerprint density at radius 2 is 2.12 bits per heavy atom. The molecule has 2 heterocycles. The second kappa shape index (κ2) is 8.00. The number of hydrogen-bond acceptors (Lipinski definition) is 5. The number of rotatable bonds is 4. The van der Waals surface area contributed by atoms with Crippen molar-refractivity contribution in [3.63, 3.8) is 0 Å². The van der Waals surface area contributed by atoms with Crippen molar-refractivity contribution in [2.75, 3.05) is 25.0 Å². The third-order valence-electron chi connectivity index (χ3n) is 4.37. The molecule has 0 bridgehead atoms. The van der Waals surface area contributed by atoms with E-state index in [0.29, 0.717) is 24.3 Å². The Bertz CT molecular complexity index is 709. The molecule has 7 heteroatoms. The number of benzene rings is 1. The normalized spacial score (nSPS) is 18.3. The minimum absolute atomic E-state index is 0.355. The lowest BCUT2D eigenvalue weighted by Gasteiger charge is -2.35. The number of hydrogen-bond donors (Lipinski definition) is 2. The van der Waals surface area contributed by atoms with Crippen molar-refractivity contribution >= 4 is 11.6 Å². The summed E-state index contributed by atoms with van der Waals surface area (Å²) in [5, 5.41) is 10.6. The molecule has 1 unspecified atom stereocenters. The minimum atomic E-state index is 0.355. The van der Waals surface area contributed by atoms with E-state index >= 15 is 0 Å². The van der Waals surface area contributed by atoms with E-state index in [-0.39, 0.29) is 0 Å². The van der Waals surface area contributed by atoms with E-state index in [1.54, 1.807) is 14.0 Å². The molecule has 25 heavy (non-hydrogen) atoms. The Hall–Kier alpha value is -2.57. The Kier molecular flexibility index (Phi) is 5.53. The van der Waals surface area contributed by atoms with Crippen LogP contribution in [0, 0.1) is 13.8 Å². The van der Waals surface area contributed by atoms with Crippen molar-refractivity contribution in [2.45, 2.75) is 39.3 Å². The first-order valence-electron chi connectivity index (χ1n) is 8.72. The van der Waals surface area contributed by atoms with Crippen LogP contribution in [0.2, 0.25) is 0 Å². The number of anilines is 1. The molecule has 1 aromatic heterocycles. The Balaban J connectivity index is 1.54. The van der Waals surface area contributed by atoms with Crippen molar-refractivity contribution < 1.29 is 4.52 Å². The summed E-state index contributed by atoms with van der Waals surface area (Å²) in [6.45, 7) is 6.45. The largest absolute Gasteiger partial charge is 0.369 e. The molecule has 1 aliphatic rings. The van der Waals surface area contributed by atoms with Crippen LogP contribution in [0.1, 0.15) is 30.1 Å². The first-order valence-corrected chi connectivity index (χ1v) is 8.72. The van der Waals surface area contributed by atoms with Gasteiger partial charge in [-0.2, -0.15) is 4.98 Å². The smallest absolute Gasteiger partial charge is 0.223 e. The summed E-state index contributed by atoms with van der Waals surface area (Å²) in [5.74, 6) is 1.96. The lowest BCUT2D eigenvalue weighted by molar-refractivity contribution is 0.386. The summed E-state index contributed by atoms with van der Waals surface area (Å²) in [6.07, 6.45) is 2.29. The molecule has 134 valence electrons. The monoisotopic (exact) mass is 342 g/mol. The molecule has 1 saturated heterocycles. The first kappa shape index (κ1) is 17.3. The zero-order valence-corrected chi connectivity index (χ0v) is 15.1. The topological polar surface area (TPSA) is 78.6 Å². The number of guanidine groups is 1. The van der Waals surface area contributed by atoms with Crippen LogP contribution in [0.5, 0.6) is 0 Å². The zero-order valence-electron chi connectivity index (χ0n) is 15.1. The molecule has 1 atom stereocenters. The average Bonchev–Trinajstić information content (AvgIpc) is 3.05. The predicted octanol–water partition coefficient (Wildman–Crippen LogP) is 2.02. The van der Waals surface area contributed by atoms with E-state index in [2.05, 4.69) is 61.9 Å². The van der Waals surface area contributed by atoms with Crippen LogP contribution in [-0.4, -0.2) is 42.3 Å². The Labute approximate surface area is 148 Å². The summed E-state index contributed by atoms with van der Waals surface area (Å²) in [6, 6.07) is 9.08. The molecule has 0 spiro atoms. The fourth-order valence-electron chi connectivity index (χ4n) is 3.05. The van der Waals surface area contributed by atoms with Gasteiger partial charge < -0.3 is 20.1 Å². The molecule has 3 rings (SSSR count). The van der Waals surface area contributed by atoms with Crippen LogP contribution in [0.4, 0.5) is 5.69 Å². The van der Waals surface area contributed by atoms with E-state index in [1.807, 2.05) is 0 Å². The molecule has 0 aliphatic carbocycles. The summed E-state index contributed by atoms with van der Waals surface area (Å²) >= 11 is 0. The molecule has 2 N–H and O–H groups in total. The van der Waals surface area contributed by atoms with Crippen molar-refractivity contribution in [2.24, 2.45) is 4.99 Å². The predicted molar refractivity (Wildman–Crippen MR) is 98.8 cm³/mol. The SMILES string of the molecule is CN=C(NCc1noc(C)n1)NC1CCCN(c2ccc(C)cc2)C1. The minimum Gasteiger partial charge on any atom is -0.369 e. The van der Waals surface area contributed by atoms with Gasteiger partial charge in [-0.1, -0.05) is 22.9 Å². The van der Waals surface area contributed by atoms with E-state index in [9.17, 15) is 0 Å². The van der Waals surface area contributed by atoms with Gasteiger partial charge in [0.05, 0.1) is 6.54 Å². The summed E-state index contributed by atoms with van der Waals surface area (Å²) < 4.78 is 4.98. The quantitative estimate of drug-likeness (QED) is 0.654. The third kappa shape index (κ3) is 4.71. The third-order valence-corrected chi connectivity index (χ3v) is 4.37. The summed E-state index contributed by atoms with van der Waals surface area (Å²) in [7, 11) is 1.78. The van der Waals surface area contributed by atoms with Gasteiger partial charge in [-0.05, 0) is 31.9 Å². The number of nitrogens with zero attached hydrogens (tertiary/aromatic N) is 4. The van der Waals surface area contributed by atoms with Gasteiger partial charge in [-0.25, -0.2) is 0 Å². The highest BCUT2D eigenvalue weighted by Crippen LogP contribution is 2.20. The van der Waals surface area contributed by atoms with Gasteiger partial charge in [0, 0.05) is 38.8 Å². The molecular formula is C18H26N6O. The Morgan fingerprint density at radius 3 is 2.80 bits per heavy atom. The van der Waals surface area contributed by atoms with E-state index in [0.717, 1.165) is 31.9 Å². The second-order valence-corrected chi connectivity index (χ2v) is 6.42. The van der Waals surface area contributed by atoms with Gasteiger partial charge in [0.15, 0.2) is 11.8 Å². The number of aryl methyl sites for hydroxylation is 2. The summed E-state index contributed by atoms with van der Waals surface area (Å²) in [5.41, 5.74) is 2.57. The Morgan fingerprint density at radius 1 is 1.32 bits per heavy atom. The van der Waals surface area contributed by atoms with Crippen molar-refractivity contribution in [3.05, 3.63) is 41.5 Å². The fraction of sp³-hybridized carbons (Fsp3) is 0.500. The number of piperidine rings is 1. The molecule has 2 aromatic rings. The van der Waals surface area contributed by atoms with E-state index in [1.165, 1.54) is 11.3 Å². The van der Waals surface area contributed by atoms with Gasteiger partial charge in [0.2, 0.25) is 5.89 Å². The zero-order chi connectivity index (χ0) is 17.6. The van der Waals surface area contributed by atoms with E-state index < -0.39 is 0 Å². The van der Waals surface area contributed by atoms with Crippen LogP contribution in [0.25, 0.3) is 0 Å². The molecule has 1 aliphatic heterocycles. The molecule has 1 aromatic carbocycles. The lowest BCUT2D eigenvalue weighted by atomic mass is 10.0. The van der Waals surface area contributed by atoms with Crippen molar-refractivity contribution in [1.82, 2.24) is 20.8 Å². The van der Waals surface area contributed by atoms with Gasteiger partial charge >= 0.3 is 0 Å². The van der Waals surface area contributed by atoms with Crippen LogP contribution in [0.3, 0.4) is 0 Å². The van der Waals surface area contributed by atoms with Crippen LogP contribution in [0.15, 0.2) is 33.8 Å². The first-order chi connectivity index (χ1) is 12.1. The highest BCUT2D eigenvalue weighted by atomic mass is 16.5. The van der Waals surface area contributed by atoms with Crippen molar-refractivity contribution in [1.29, 1.82) is 0 Å². The molecule has 1 fully saturated rings. The molecule has 0 radical (unpaired) electrons. The molecule has 0 saturated carbocycles. The number of aliphatic imine (C=N–C) groups is 1. The van der Waals surface area contributed by atoms with Crippen molar-refractivity contribution in [3.8, 4) is 0 Å². The highest BCUT2D eigenvalue weighted by molar-refractivity contribution is 5.80. The van der Waals surface area contributed by atoms with Gasteiger partial charge in [0.25, 0.3) is 0 Å². The fourth-order valence-corrected chi connectivity index (χ4v) is 3.05. The second-order valence-electron chi connectivity index (χ2n) is 6.42. The maximum atomic E-state index is 4.98. The van der Waals surface area contributed by atoms with Gasteiger partial charge in [0.1, 0.15) is 0 Å². The summed E-state index contributed by atoms with van der Waals surface area (Å²) in [4.78, 5) is 10.9. The van der Waals surface area contributed by atoms with Crippen LogP contribution in [-0.2, 0) is 6.54 Å². The standard InChI is InChI=1S/C18H26N6O/c1-13-6-8-16(9-7-13)24-10-4-5-15(12-24)22-18(19-3)20-11-17-21-14(2)25-23-17/h6-9,15H,4-5,10-12H2,1-3H3,(H2,19,20,22). The van der Waals surface area contributed by atoms with E-state index in [4.69, 9.17) is 4.52 Å². The maximum Gasteiger partial charge on any atom is 0.223 e. The van der Waals surface area contributed by atoms with Gasteiger partial charge in [-0.15, -0.1) is 0 Å². The highest BCUT2D eigenvalue weighted by Gasteiger charge is 2.21. The maximum absolute atomic E-state index is 4.98.